The molecule has 0 unspecified atom stereocenters. The van der Waals surface area contributed by atoms with Crippen molar-refractivity contribution in [2.24, 2.45) is 11.8 Å². The zero-order chi connectivity index (χ0) is 18.8. The molecule has 1 aromatic carbocycles. The van der Waals surface area contributed by atoms with Crippen molar-refractivity contribution in [1.29, 1.82) is 0 Å². The highest BCUT2D eigenvalue weighted by atomic mass is 16.1. The van der Waals surface area contributed by atoms with E-state index >= 15 is 0 Å². The molecule has 1 N–H and O–H groups in total. The Labute approximate surface area is 160 Å². The maximum atomic E-state index is 13.2. The SMILES string of the molecule is C[C@H]1[C@H](C)CCC[C@@H]1NC(=O)c1cc(-c2ccncc2)nc2ccccc12. The van der Waals surface area contributed by atoms with Crippen molar-refractivity contribution in [3.8, 4) is 11.3 Å². The largest absolute Gasteiger partial charge is 0.349 e. The predicted molar refractivity (Wildman–Crippen MR) is 108 cm³/mol. The van der Waals surface area contributed by atoms with E-state index in [0.29, 0.717) is 17.4 Å². The summed E-state index contributed by atoms with van der Waals surface area (Å²) < 4.78 is 0. The van der Waals surface area contributed by atoms with E-state index in [2.05, 4.69) is 24.1 Å². The maximum absolute atomic E-state index is 13.2. The van der Waals surface area contributed by atoms with Crippen LogP contribution in [-0.4, -0.2) is 21.9 Å². The van der Waals surface area contributed by atoms with E-state index in [1.54, 1.807) is 12.4 Å². The predicted octanol–water partition coefficient (Wildman–Crippen LogP) is 4.85. The van der Waals surface area contributed by atoms with Crippen molar-refractivity contribution < 1.29 is 4.79 Å². The van der Waals surface area contributed by atoms with Gasteiger partial charge in [-0.05, 0) is 42.5 Å². The van der Waals surface area contributed by atoms with Gasteiger partial charge < -0.3 is 5.32 Å². The summed E-state index contributed by atoms with van der Waals surface area (Å²) in [7, 11) is 0. The molecule has 1 fully saturated rings. The van der Waals surface area contributed by atoms with Gasteiger partial charge in [-0.3, -0.25) is 9.78 Å². The number of nitrogens with one attached hydrogen (secondary N) is 1. The van der Waals surface area contributed by atoms with Gasteiger partial charge in [0, 0.05) is 29.4 Å². The van der Waals surface area contributed by atoms with Gasteiger partial charge in [0.25, 0.3) is 5.91 Å². The van der Waals surface area contributed by atoms with E-state index in [0.717, 1.165) is 28.6 Å². The Morgan fingerprint density at radius 3 is 2.67 bits per heavy atom. The summed E-state index contributed by atoms with van der Waals surface area (Å²) in [6, 6.07) is 13.8. The molecule has 2 heterocycles. The average Bonchev–Trinajstić information content (AvgIpc) is 2.71. The highest BCUT2D eigenvalue weighted by Crippen LogP contribution is 2.30. The van der Waals surface area contributed by atoms with Crippen LogP contribution in [0.2, 0.25) is 0 Å². The van der Waals surface area contributed by atoms with Gasteiger partial charge in [0.15, 0.2) is 0 Å². The summed E-state index contributed by atoms with van der Waals surface area (Å²) in [5.74, 6) is 1.14. The molecule has 4 rings (SSSR count). The highest BCUT2D eigenvalue weighted by molar-refractivity contribution is 6.07. The van der Waals surface area contributed by atoms with Crippen LogP contribution in [0.1, 0.15) is 43.5 Å². The molecule has 0 aliphatic heterocycles. The van der Waals surface area contributed by atoms with E-state index in [1.165, 1.54) is 12.8 Å². The van der Waals surface area contributed by atoms with Crippen LogP contribution in [0.25, 0.3) is 22.2 Å². The fraction of sp³-hybridized carbons (Fsp3) is 0.348. The number of amides is 1. The van der Waals surface area contributed by atoms with Crippen molar-refractivity contribution in [2.75, 3.05) is 0 Å². The number of carbonyl (C=O) groups is 1. The minimum Gasteiger partial charge on any atom is -0.349 e. The lowest BCUT2D eigenvalue weighted by Crippen LogP contribution is -2.43. The molecular weight excluding hydrogens is 334 g/mol. The smallest absolute Gasteiger partial charge is 0.252 e. The molecule has 2 aromatic heterocycles. The molecule has 3 aromatic rings. The minimum absolute atomic E-state index is 0.00476. The molecule has 1 amide bonds. The number of pyridine rings is 2. The zero-order valence-corrected chi connectivity index (χ0v) is 15.9. The van der Waals surface area contributed by atoms with Gasteiger partial charge in [0.05, 0.1) is 16.8 Å². The molecular formula is C23H25N3O. The molecule has 0 radical (unpaired) electrons. The quantitative estimate of drug-likeness (QED) is 0.727. The molecule has 138 valence electrons. The lowest BCUT2D eigenvalue weighted by atomic mass is 9.78. The van der Waals surface area contributed by atoms with Gasteiger partial charge in [-0.25, -0.2) is 4.98 Å². The Balaban J connectivity index is 1.72. The van der Waals surface area contributed by atoms with Crippen molar-refractivity contribution in [2.45, 2.75) is 39.2 Å². The number of nitrogens with zero attached hydrogens (tertiary/aromatic N) is 2. The van der Waals surface area contributed by atoms with Gasteiger partial charge in [0.2, 0.25) is 0 Å². The van der Waals surface area contributed by atoms with Gasteiger partial charge in [-0.15, -0.1) is 0 Å². The van der Waals surface area contributed by atoms with E-state index in [1.807, 2.05) is 42.5 Å². The van der Waals surface area contributed by atoms with Crippen molar-refractivity contribution in [1.82, 2.24) is 15.3 Å². The third-order valence-corrected chi connectivity index (χ3v) is 5.96. The Bertz CT molecular complexity index is 954. The second kappa shape index (κ2) is 7.47. The van der Waals surface area contributed by atoms with Crippen LogP contribution in [0.4, 0.5) is 0 Å². The molecule has 0 bridgehead atoms. The van der Waals surface area contributed by atoms with Crippen LogP contribution in [0, 0.1) is 11.8 Å². The molecule has 0 spiro atoms. The Kier molecular flexibility index (Phi) is 4.88. The monoisotopic (exact) mass is 359 g/mol. The third-order valence-electron chi connectivity index (χ3n) is 5.96. The second-order valence-corrected chi connectivity index (χ2v) is 7.66. The maximum Gasteiger partial charge on any atom is 0.252 e. The molecule has 1 saturated carbocycles. The van der Waals surface area contributed by atoms with Gasteiger partial charge in [-0.1, -0.05) is 44.9 Å². The molecule has 0 saturated heterocycles. The number of aromatic nitrogens is 2. The summed E-state index contributed by atoms with van der Waals surface area (Å²) >= 11 is 0. The van der Waals surface area contributed by atoms with Crippen molar-refractivity contribution >= 4 is 16.8 Å². The Hall–Kier alpha value is -2.75. The molecule has 3 atom stereocenters. The second-order valence-electron chi connectivity index (χ2n) is 7.66. The highest BCUT2D eigenvalue weighted by Gasteiger charge is 2.28. The van der Waals surface area contributed by atoms with Crippen LogP contribution < -0.4 is 5.32 Å². The standard InChI is InChI=1S/C23H25N3O/c1-15-6-5-9-20(16(15)2)26-23(27)19-14-22(17-10-12-24-13-11-17)25-21-8-4-3-7-18(19)21/h3-4,7-8,10-16,20H,5-6,9H2,1-2H3,(H,26,27)/t15-,16+,20+/m1/s1. The van der Waals surface area contributed by atoms with Gasteiger partial charge >= 0.3 is 0 Å². The van der Waals surface area contributed by atoms with Gasteiger partial charge in [-0.2, -0.15) is 0 Å². The number of para-hydroxylation sites is 1. The summed E-state index contributed by atoms with van der Waals surface area (Å²) in [5, 5.41) is 4.20. The lowest BCUT2D eigenvalue weighted by Gasteiger charge is -2.34. The van der Waals surface area contributed by atoms with Crippen LogP contribution in [0.5, 0.6) is 0 Å². The van der Waals surface area contributed by atoms with Crippen LogP contribution in [-0.2, 0) is 0 Å². The molecule has 4 nitrogen and oxygen atoms in total. The van der Waals surface area contributed by atoms with E-state index in [4.69, 9.17) is 4.98 Å². The normalized spacial score (nSPS) is 22.5. The summed E-state index contributed by atoms with van der Waals surface area (Å²) in [6.07, 6.45) is 6.97. The van der Waals surface area contributed by atoms with Crippen molar-refractivity contribution in [3.05, 3.63) is 60.4 Å². The molecule has 4 heteroatoms. The fourth-order valence-electron chi connectivity index (χ4n) is 4.07. The lowest BCUT2D eigenvalue weighted by molar-refractivity contribution is 0.0892. The number of benzene rings is 1. The number of rotatable bonds is 3. The van der Waals surface area contributed by atoms with E-state index < -0.39 is 0 Å². The van der Waals surface area contributed by atoms with Crippen molar-refractivity contribution in [3.63, 3.8) is 0 Å². The van der Waals surface area contributed by atoms with Crippen LogP contribution >= 0.6 is 0 Å². The average molecular weight is 359 g/mol. The van der Waals surface area contributed by atoms with Gasteiger partial charge in [0.1, 0.15) is 0 Å². The molecule has 1 aliphatic carbocycles. The number of hydrogen-bond acceptors (Lipinski definition) is 3. The zero-order valence-electron chi connectivity index (χ0n) is 15.9. The third kappa shape index (κ3) is 3.57. The summed E-state index contributed by atoms with van der Waals surface area (Å²) in [4.78, 5) is 22.0. The summed E-state index contributed by atoms with van der Waals surface area (Å²) in [6.45, 7) is 4.54. The first kappa shape index (κ1) is 17.7. The minimum atomic E-state index is -0.00476. The number of fused-ring (bicyclic) bond motifs is 1. The first-order valence-corrected chi connectivity index (χ1v) is 9.74. The Morgan fingerprint density at radius 2 is 1.85 bits per heavy atom. The number of hydrogen-bond donors (Lipinski definition) is 1. The van der Waals surface area contributed by atoms with Crippen LogP contribution in [0.15, 0.2) is 54.9 Å². The fourth-order valence-corrected chi connectivity index (χ4v) is 4.07. The van der Waals surface area contributed by atoms with Crippen LogP contribution in [0.3, 0.4) is 0 Å². The first-order chi connectivity index (χ1) is 13.1. The Morgan fingerprint density at radius 1 is 1.07 bits per heavy atom. The van der Waals surface area contributed by atoms with E-state index in [-0.39, 0.29) is 11.9 Å². The molecule has 1 aliphatic rings. The first-order valence-electron chi connectivity index (χ1n) is 9.74. The van der Waals surface area contributed by atoms with E-state index in [9.17, 15) is 4.79 Å². The number of carbonyl (C=O) groups excluding carboxylic acids is 1. The topological polar surface area (TPSA) is 54.9 Å². The summed E-state index contributed by atoms with van der Waals surface area (Å²) in [5.41, 5.74) is 3.29. The molecule has 27 heavy (non-hydrogen) atoms.